The molecular formula is C15H19N3O3. The Hall–Kier alpha value is -2.50. The Bertz CT molecular complexity index is 632. The van der Waals surface area contributed by atoms with Crippen molar-refractivity contribution in [1.82, 2.24) is 9.78 Å². The molecule has 1 aromatic heterocycles. The van der Waals surface area contributed by atoms with Gasteiger partial charge in [0.15, 0.2) is 5.69 Å². The zero-order chi connectivity index (χ0) is 15.4. The fourth-order valence-corrected chi connectivity index (χ4v) is 2.04. The third-order valence-electron chi connectivity index (χ3n) is 3.24. The van der Waals surface area contributed by atoms with Gasteiger partial charge in [-0.1, -0.05) is 12.1 Å². The molecule has 2 aromatic rings. The molecule has 0 aliphatic heterocycles. The Morgan fingerprint density at radius 3 is 2.52 bits per heavy atom. The number of anilines is 1. The summed E-state index contributed by atoms with van der Waals surface area (Å²) in [5.74, 6) is 0.345. The summed E-state index contributed by atoms with van der Waals surface area (Å²) in [6.07, 6.45) is 0.631. The molecule has 0 unspecified atom stereocenters. The summed E-state index contributed by atoms with van der Waals surface area (Å²) in [5.41, 5.74) is 8.17. The number of hydrogen-bond acceptors (Lipinski definition) is 5. The van der Waals surface area contributed by atoms with Crippen LogP contribution in [0, 0.1) is 6.92 Å². The number of aromatic nitrogens is 2. The lowest BCUT2D eigenvalue weighted by molar-refractivity contribution is 0.0498. The number of methoxy groups -OCH3 is 1. The van der Waals surface area contributed by atoms with Gasteiger partial charge in [0, 0.05) is 13.5 Å². The predicted molar refractivity (Wildman–Crippen MR) is 79.3 cm³/mol. The number of nitrogens with two attached hydrogens (primary N) is 1. The highest BCUT2D eigenvalue weighted by molar-refractivity contribution is 5.93. The summed E-state index contributed by atoms with van der Waals surface area (Å²) in [6.45, 7) is 2.04. The van der Waals surface area contributed by atoms with Crippen molar-refractivity contribution in [3.05, 3.63) is 41.2 Å². The largest absolute Gasteiger partial charge is 0.497 e. The van der Waals surface area contributed by atoms with Crippen LogP contribution in [0.5, 0.6) is 5.75 Å². The van der Waals surface area contributed by atoms with Gasteiger partial charge in [-0.2, -0.15) is 5.10 Å². The molecule has 6 heteroatoms. The van der Waals surface area contributed by atoms with Gasteiger partial charge in [-0.15, -0.1) is 0 Å². The Labute approximate surface area is 123 Å². The molecule has 21 heavy (non-hydrogen) atoms. The van der Waals surface area contributed by atoms with E-state index in [0.29, 0.717) is 23.5 Å². The zero-order valence-electron chi connectivity index (χ0n) is 12.4. The van der Waals surface area contributed by atoms with Gasteiger partial charge < -0.3 is 15.2 Å². The third kappa shape index (κ3) is 3.34. The Balaban J connectivity index is 1.92. The average Bonchev–Trinajstić information content (AvgIpc) is 2.73. The van der Waals surface area contributed by atoms with Gasteiger partial charge in [0.25, 0.3) is 0 Å². The van der Waals surface area contributed by atoms with Crippen LogP contribution in [0.1, 0.15) is 21.7 Å². The molecule has 6 nitrogen and oxygen atoms in total. The number of nitrogen functional groups attached to an aromatic ring is 1. The maximum atomic E-state index is 12.0. The second kappa shape index (κ2) is 6.30. The van der Waals surface area contributed by atoms with Crippen LogP contribution in [-0.2, 0) is 18.2 Å². The smallest absolute Gasteiger partial charge is 0.358 e. The second-order valence-electron chi connectivity index (χ2n) is 4.71. The van der Waals surface area contributed by atoms with E-state index < -0.39 is 5.97 Å². The monoisotopic (exact) mass is 289 g/mol. The van der Waals surface area contributed by atoms with Crippen LogP contribution in [-0.4, -0.2) is 29.5 Å². The van der Waals surface area contributed by atoms with Crippen LogP contribution in [0.3, 0.4) is 0 Å². The average molecular weight is 289 g/mol. The maximum Gasteiger partial charge on any atom is 0.358 e. The van der Waals surface area contributed by atoms with Gasteiger partial charge in [-0.05, 0) is 24.6 Å². The first-order valence-corrected chi connectivity index (χ1v) is 6.62. The van der Waals surface area contributed by atoms with Crippen LogP contribution in [0.4, 0.5) is 5.69 Å². The summed E-state index contributed by atoms with van der Waals surface area (Å²) in [5, 5.41) is 4.09. The standard InChI is InChI=1S/C15H19N3O3/c1-10-13(16)14(18(2)17-10)15(19)21-9-8-11-4-6-12(20-3)7-5-11/h4-7H,8-9,16H2,1-3H3. The number of aryl methyl sites for hydroxylation is 2. The minimum atomic E-state index is -0.455. The van der Waals surface area contributed by atoms with Gasteiger partial charge in [0.05, 0.1) is 25.1 Å². The quantitative estimate of drug-likeness (QED) is 0.848. The molecular weight excluding hydrogens is 270 g/mol. The summed E-state index contributed by atoms with van der Waals surface area (Å²) in [6, 6.07) is 7.63. The fraction of sp³-hybridized carbons (Fsp3) is 0.333. The molecule has 0 aliphatic carbocycles. The minimum Gasteiger partial charge on any atom is -0.497 e. The zero-order valence-corrected chi connectivity index (χ0v) is 12.4. The number of esters is 1. The van der Waals surface area contributed by atoms with Gasteiger partial charge in [0.1, 0.15) is 5.75 Å². The Morgan fingerprint density at radius 1 is 1.33 bits per heavy atom. The van der Waals surface area contributed by atoms with E-state index in [0.717, 1.165) is 11.3 Å². The molecule has 0 saturated heterocycles. The summed E-state index contributed by atoms with van der Waals surface area (Å²) in [7, 11) is 3.29. The van der Waals surface area contributed by atoms with Crippen molar-refractivity contribution in [2.45, 2.75) is 13.3 Å². The van der Waals surface area contributed by atoms with Crippen molar-refractivity contribution >= 4 is 11.7 Å². The van der Waals surface area contributed by atoms with Crippen molar-refractivity contribution in [2.75, 3.05) is 19.5 Å². The lowest BCUT2D eigenvalue weighted by Crippen LogP contribution is -2.14. The Morgan fingerprint density at radius 2 is 2.00 bits per heavy atom. The van der Waals surface area contributed by atoms with E-state index in [1.165, 1.54) is 4.68 Å². The van der Waals surface area contributed by atoms with Crippen LogP contribution < -0.4 is 10.5 Å². The van der Waals surface area contributed by atoms with E-state index in [-0.39, 0.29) is 6.61 Å². The molecule has 1 heterocycles. The van der Waals surface area contributed by atoms with Crippen LogP contribution >= 0.6 is 0 Å². The summed E-state index contributed by atoms with van der Waals surface area (Å²) >= 11 is 0. The first-order valence-electron chi connectivity index (χ1n) is 6.62. The third-order valence-corrected chi connectivity index (χ3v) is 3.24. The lowest BCUT2D eigenvalue weighted by atomic mass is 10.1. The van der Waals surface area contributed by atoms with E-state index in [4.69, 9.17) is 15.2 Å². The number of benzene rings is 1. The normalized spacial score (nSPS) is 10.4. The topological polar surface area (TPSA) is 79.4 Å². The Kier molecular flexibility index (Phi) is 4.47. The number of rotatable bonds is 5. The van der Waals surface area contributed by atoms with Gasteiger partial charge in [0.2, 0.25) is 0 Å². The van der Waals surface area contributed by atoms with E-state index in [1.54, 1.807) is 21.1 Å². The number of carbonyl (C=O) groups is 1. The molecule has 112 valence electrons. The van der Waals surface area contributed by atoms with E-state index >= 15 is 0 Å². The highest BCUT2D eigenvalue weighted by Crippen LogP contribution is 2.16. The van der Waals surface area contributed by atoms with E-state index in [1.807, 2.05) is 24.3 Å². The number of carbonyl (C=O) groups excluding carboxylic acids is 1. The number of nitrogens with zero attached hydrogens (tertiary/aromatic N) is 2. The van der Waals surface area contributed by atoms with Gasteiger partial charge >= 0.3 is 5.97 Å². The molecule has 0 saturated carbocycles. The first kappa shape index (κ1) is 14.9. The molecule has 0 spiro atoms. The van der Waals surface area contributed by atoms with Crippen molar-refractivity contribution in [3.63, 3.8) is 0 Å². The molecule has 0 aliphatic rings. The van der Waals surface area contributed by atoms with Gasteiger partial charge in [-0.25, -0.2) is 4.79 Å². The van der Waals surface area contributed by atoms with E-state index in [9.17, 15) is 4.79 Å². The predicted octanol–water partition coefficient (Wildman–Crippen LogP) is 1.72. The van der Waals surface area contributed by atoms with Gasteiger partial charge in [-0.3, -0.25) is 4.68 Å². The minimum absolute atomic E-state index is 0.287. The van der Waals surface area contributed by atoms with Crippen LogP contribution in [0.25, 0.3) is 0 Å². The number of ether oxygens (including phenoxy) is 2. The molecule has 2 rings (SSSR count). The van der Waals surface area contributed by atoms with Crippen molar-refractivity contribution < 1.29 is 14.3 Å². The molecule has 0 bridgehead atoms. The molecule has 0 amide bonds. The summed E-state index contributed by atoms with van der Waals surface area (Å²) in [4.78, 5) is 12.0. The molecule has 0 radical (unpaired) electrons. The van der Waals surface area contributed by atoms with E-state index in [2.05, 4.69) is 5.10 Å². The van der Waals surface area contributed by atoms with Crippen molar-refractivity contribution in [2.24, 2.45) is 7.05 Å². The summed E-state index contributed by atoms with van der Waals surface area (Å²) < 4.78 is 11.8. The first-order chi connectivity index (χ1) is 10.0. The maximum absolute atomic E-state index is 12.0. The number of hydrogen-bond donors (Lipinski definition) is 1. The van der Waals surface area contributed by atoms with Crippen LogP contribution in [0.2, 0.25) is 0 Å². The molecule has 2 N–H and O–H groups in total. The van der Waals surface area contributed by atoms with Crippen molar-refractivity contribution in [1.29, 1.82) is 0 Å². The van der Waals surface area contributed by atoms with Crippen molar-refractivity contribution in [3.8, 4) is 5.75 Å². The SMILES string of the molecule is COc1ccc(CCOC(=O)c2c(N)c(C)nn2C)cc1. The molecule has 0 atom stereocenters. The van der Waals surface area contributed by atoms with Crippen LogP contribution in [0.15, 0.2) is 24.3 Å². The lowest BCUT2D eigenvalue weighted by Gasteiger charge is -2.06. The second-order valence-corrected chi connectivity index (χ2v) is 4.71. The fourth-order valence-electron chi connectivity index (χ4n) is 2.04. The highest BCUT2D eigenvalue weighted by atomic mass is 16.5. The highest BCUT2D eigenvalue weighted by Gasteiger charge is 2.19. The molecule has 0 fully saturated rings. The molecule has 1 aromatic carbocycles.